The predicted molar refractivity (Wildman–Crippen MR) is 93.7 cm³/mol. The maximum absolute atomic E-state index is 13.1. The number of morpholine rings is 1. The summed E-state index contributed by atoms with van der Waals surface area (Å²) in [5, 5.41) is 0. The number of nitrogens with zero attached hydrogens (tertiary/aromatic N) is 2. The van der Waals surface area contributed by atoms with Gasteiger partial charge in [0.1, 0.15) is 6.29 Å². The lowest BCUT2D eigenvalue weighted by Gasteiger charge is -2.31. The van der Waals surface area contributed by atoms with Crippen molar-refractivity contribution in [2.75, 3.05) is 31.2 Å². The molecule has 3 rings (SSSR count). The van der Waals surface area contributed by atoms with Crippen molar-refractivity contribution in [2.24, 2.45) is 0 Å². The van der Waals surface area contributed by atoms with Gasteiger partial charge in [0.05, 0.1) is 30.7 Å². The number of hydrogen-bond donors (Lipinski definition) is 3. The van der Waals surface area contributed by atoms with E-state index in [1.807, 2.05) is 0 Å². The van der Waals surface area contributed by atoms with Crippen molar-refractivity contribution in [2.45, 2.75) is 18.9 Å². The summed E-state index contributed by atoms with van der Waals surface area (Å²) in [7, 11) is -4.73. The van der Waals surface area contributed by atoms with Gasteiger partial charge in [-0.2, -0.15) is 13.2 Å². The molecule has 154 valence electrons. The Bertz CT molecular complexity index is 1050. The van der Waals surface area contributed by atoms with Gasteiger partial charge in [-0.3, -0.25) is 18.7 Å². The minimum absolute atomic E-state index is 0.0691. The number of nitrogens with one attached hydrogen (secondary N) is 1. The van der Waals surface area contributed by atoms with E-state index in [1.165, 1.54) is 6.07 Å². The van der Waals surface area contributed by atoms with E-state index in [-0.39, 0.29) is 22.3 Å². The Kier molecular flexibility index (Phi) is 5.41. The number of aromatic amines is 1. The van der Waals surface area contributed by atoms with Gasteiger partial charge in [0.25, 0.3) is 0 Å². The second-order valence-corrected chi connectivity index (χ2v) is 8.00. The molecule has 0 radical (unpaired) electrons. The van der Waals surface area contributed by atoms with Crippen LogP contribution in [0.4, 0.5) is 18.9 Å². The number of ether oxygens (including phenoxy) is 1. The van der Waals surface area contributed by atoms with Crippen molar-refractivity contribution in [1.29, 1.82) is 0 Å². The first-order chi connectivity index (χ1) is 12.9. The summed E-state index contributed by atoms with van der Waals surface area (Å²) in [5.41, 5.74) is -2.53. The standard InChI is InChI=1S/C15H17F3N3O6P/c16-15(17,18)7-9-5-10-12(6-11(9)20-1-3-27-4-2-20)21(8-28(24,25)26)14(23)13(22)19-10/h5-6H,1-4,7-8H2,(H,19,22)(H2,24,25,26). The second-order valence-electron chi connectivity index (χ2n) is 6.38. The van der Waals surface area contributed by atoms with Crippen LogP contribution in [0.25, 0.3) is 11.0 Å². The molecule has 2 aromatic rings. The highest BCUT2D eigenvalue weighted by Crippen LogP contribution is 2.38. The Balaban J connectivity index is 2.28. The second kappa shape index (κ2) is 7.36. The smallest absolute Gasteiger partial charge is 0.378 e. The number of rotatable bonds is 4. The van der Waals surface area contributed by atoms with E-state index < -0.39 is 37.6 Å². The van der Waals surface area contributed by atoms with Crippen LogP contribution in [0.1, 0.15) is 5.56 Å². The average Bonchev–Trinajstić information content (AvgIpc) is 2.57. The van der Waals surface area contributed by atoms with Crippen molar-refractivity contribution < 1.29 is 32.3 Å². The van der Waals surface area contributed by atoms with E-state index >= 15 is 0 Å². The molecule has 1 aromatic heterocycles. The first-order valence-corrected chi connectivity index (χ1v) is 9.98. The van der Waals surface area contributed by atoms with Crippen molar-refractivity contribution in [3.63, 3.8) is 0 Å². The van der Waals surface area contributed by atoms with Crippen LogP contribution < -0.4 is 16.0 Å². The first kappa shape index (κ1) is 20.6. The number of aromatic nitrogens is 2. The molecule has 1 aliphatic heterocycles. The van der Waals surface area contributed by atoms with E-state index in [0.717, 1.165) is 6.07 Å². The molecular formula is C15H17F3N3O6P. The highest BCUT2D eigenvalue weighted by Gasteiger charge is 2.31. The van der Waals surface area contributed by atoms with Crippen molar-refractivity contribution in [3.8, 4) is 0 Å². The van der Waals surface area contributed by atoms with Crippen LogP contribution in [0.3, 0.4) is 0 Å². The van der Waals surface area contributed by atoms with Crippen LogP contribution in [0.2, 0.25) is 0 Å². The molecule has 1 fully saturated rings. The molecule has 28 heavy (non-hydrogen) atoms. The fourth-order valence-electron chi connectivity index (χ4n) is 3.13. The number of H-pyrrole nitrogens is 1. The Hall–Kier alpha value is -2.14. The first-order valence-electron chi connectivity index (χ1n) is 8.18. The average molecular weight is 423 g/mol. The molecule has 13 heteroatoms. The van der Waals surface area contributed by atoms with Crippen molar-refractivity contribution in [1.82, 2.24) is 9.55 Å². The fourth-order valence-corrected chi connectivity index (χ4v) is 3.78. The number of benzene rings is 1. The molecule has 1 saturated heterocycles. The summed E-state index contributed by atoms with van der Waals surface area (Å²) < 4.78 is 56.4. The van der Waals surface area contributed by atoms with Gasteiger partial charge in [-0.25, -0.2) is 0 Å². The van der Waals surface area contributed by atoms with E-state index in [9.17, 15) is 37.1 Å². The summed E-state index contributed by atoms with van der Waals surface area (Å²) in [6.45, 7) is 1.21. The Morgan fingerprint density at radius 3 is 2.39 bits per heavy atom. The van der Waals surface area contributed by atoms with Crippen LogP contribution >= 0.6 is 7.60 Å². The molecule has 1 aromatic carbocycles. The van der Waals surface area contributed by atoms with E-state index in [4.69, 9.17) is 4.74 Å². The molecule has 0 spiro atoms. The maximum atomic E-state index is 13.1. The molecule has 1 aliphatic rings. The van der Waals surface area contributed by atoms with Gasteiger partial charge in [0.2, 0.25) is 0 Å². The highest BCUT2D eigenvalue weighted by molar-refractivity contribution is 7.50. The zero-order valence-electron chi connectivity index (χ0n) is 14.4. The van der Waals surface area contributed by atoms with Crippen molar-refractivity contribution >= 4 is 24.3 Å². The summed E-state index contributed by atoms with van der Waals surface area (Å²) in [4.78, 5) is 46.3. The van der Waals surface area contributed by atoms with Crippen LogP contribution in [0.15, 0.2) is 21.7 Å². The third-order valence-electron chi connectivity index (χ3n) is 4.24. The number of hydrogen-bond acceptors (Lipinski definition) is 5. The third-order valence-corrected chi connectivity index (χ3v) is 4.89. The summed E-state index contributed by atoms with van der Waals surface area (Å²) in [6, 6.07) is 2.33. The monoisotopic (exact) mass is 423 g/mol. The molecule has 2 heterocycles. The number of fused-ring (bicyclic) bond motifs is 1. The van der Waals surface area contributed by atoms with E-state index in [0.29, 0.717) is 30.9 Å². The zero-order chi connectivity index (χ0) is 20.7. The molecule has 0 bridgehead atoms. The van der Waals surface area contributed by atoms with Crippen LogP contribution in [0.5, 0.6) is 0 Å². The number of halogens is 3. The SMILES string of the molecule is O=c1[nH]c2cc(CC(F)(F)F)c(N3CCOCC3)cc2n(CP(=O)(O)O)c1=O. The topological polar surface area (TPSA) is 125 Å². The molecule has 0 atom stereocenters. The quantitative estimate of drug-likeness (QED) is 0.490. The normalized spacial score (nSPS) is 16.0. The van der Waals surface area contributed by atoms with Crippen molar-refractivity contribution in [3.05, 3.63) is 38.4 Å². The number of alkyl halides is 3. The molecule has 0 amide bonds. The van der Waals surface area contributed by atoms with Gasteiger partial charge >= 0.3 is 24.9 Å². The summed E-state index contributed by atoms with van der Waals surface area (Å²) >= 11 is 0. The van der Waals surface area contributed by atoms with Crippen LogP contribution in [-0.2, 0) is 22.0 Å². The van der Waals surface area contributed by atoms with Gasteiger partial charge in [-0.05, 0) is 17.7 Å². The van der Waals surface area contributed by atoms with Crippen LogP contribution in [0, 0.1) is 0 Å². The predicted octanol–water partition coefficient (Wildman–Crippen LogP) is 0.766. The lowest BCUT2D eigenvalue weighted by molar-refractivity contribution is -0.127. The third kappa shape index (κ3) is 4.64. The maximum Gasteiger partial charge on any atom is 0.393 e. The largest absolute Gasteiger partial charge is 0.393 e. The molecule has 9 nitrogen and oxygen atoms in total. The molecular weight excluding hydrogens is 406 g/mol. The summed E-state index contributed by atoms with van der Waals surface area (Å²) in [5.74, 6) is 0. The van der Waals surface area contributed by atoms with Gasteiger partial charge in [0, 0.05) is 18.8 Å². The molecule has 0 saturated carbocycles. The lowest BCUT2D eigenvalue weighted by atomic mass is 10.1. The minimum atomic E-state index is -4.73. The zero-order valence-corrected chi connectivity index (χ0v) is 15.3. The summed E-state index contributed by atoms with van der Waals surface area (Å²) in [6.07, 6.45) is -6.85. The van der Waals surface area contributed by atoms with Gasteiger partial charge in [-0.15, -0.1) is 0 Å². The van der Waals surface area contributed by atoms with E-state index in [2.05, 4.69) is 4.98 Å². The molecule has 3 N–H and O–H groups in total. The fraction of sp³-hybridized carbons (Fsp3) is 0.467. The van der Waals surface area contributed by atoms with Gasteiger partial charge < -0.3 is 24.4 Å². The molecule has 0 aliphatic carbocycles. The molecule has 0 unspecified atom stereocenters. The van der Waals surface area contributed by atoms with E-state index in [1.54, 1.807) is 4.90 Å². The minimum Gasteiger partial charge on any atom is -0.378 e. The Labute approximate surface area is 155 Å². The van der Waals surface area contributed by atoms with Crippen LogP contribution in [-0.4, -0.2) is 51.8 Å². The highest BCUT2D eigenvalue weighted by atomic mass is 31.2. The van der Waals surface area contributed by atoms with Gasteiger partial charge in [0.15, 0.2) is 0 Å². The van der Waals surface area contributed by atoms with Gasteiger partial charge in [-0.1, -0.05) is 0 Å². The Morgan fingerprint density at radius 2 is 1.82 bits per heavy atom. The Morgan fingerprint density at radius 1 is 1.18 bits per heavy atom. The lowest BCUT2D eigenvalue weighted by Crippen LogP contribution is -2.38. The number of anilines is 1.